The molecule has 0 bridgehead atoms. The van der Waals surface area contributed by atoms with Gasteiger partial charge in [-0.25, -0.2) is 0 Å². The first-order valence-electron chi connectivity index (χ1n) is 6.39. The van der Waals surface area contributed by atoms with Crippen molar-refractivity contribution in [2.24, 2.45) is 5.73 Å². The number of aryl methyl sites for hydroxylation is 1. The Morgan fingerprint density at radius 1 is 1.18 bits per heavy atom. The van der Waals surface area contributed by atoms with E-state index in [1.165, 1.54) is 36.9 Å². The van der Waals surface area contributed by atoms with Crippen molar-refractivity contribution in [1.29, 1.82) is 5.41 Å². The topological polar surface area (TPSA) is 53.1 Å². The van der Waals surface area contributed by atoms with Crippen molar-refractivity contribution in [3.63, 3.8) is 0 Å². The van der Waals surface area contributed by atoms with Gasteiger partial charge in [0.05, 0.1) is 5.69 Å². The van der Waals surface area contributed by atoms with Gasteiger partial charge in [0.25, 0.3) is 0 Å². The highest BCUT2D eigenvalue weighted by atomic mass is 15.1. The molecule has 0 unspecified atom stereocenters. The predicted molar refractivity (Wildman–Crippen MR) is 72.9 cm³/mol. The first kappa shape index (κ1) is 12.0. The number of para-hydroxylation sites is 1. The molecule has 0 aliphatic carbocycles. The molecule has 1 fully saturated rings. The van der Waals surface area contributed by atoms with Gasteiger partial charge in [-0.2, -0.15) is 0 Å². The summed E-state index contributed by atoms with van der Waals surface area (Å²) < 4.78 is 0. The van der Waals surface area contributed by atoms with E-state index in [0.29, 0.717) is 0 Å². The predicted octanol–water partition coefficient (Wildman–Crippen LogP) is 2.66. The Labute approximate surface area is 103 Å². The first-order valence-corrected chi connectivity index (χ1v) is 6.39. The van der Waals surface area contributed by atoms with E-state index in [-0.39, 0.29) is 5.84 Å². The largest absolute Gasteiger partial charge is 0.384 e. The van der Waals surface area contributed by atoms with Crippen molar-refractivity contribution in [2.75, 3.05) is 18.0 Å². The highest BCUT2D eigenvalue weighted by molar-refractivity contribution is 6.01. The lowest BCUT2D eigenvalue weighted by atomic mass is 10.1. The fourth-order valence-corrected chi connectivity index (χ4v) is 2.59. The van der Waals surface area contributed by atoms with Crippen LogP contribution >= 0.6 is 0 Å². The summed E-state index contributed by atoms with van der Waals surface area (Å²) >= 11 is 0. The molecule has 1 aliphatic rings. The maximum Gasteiger partial charge on any atom is 0.124 e. The number of nitrogens with two attached hydrogens (primary N) is 1. The van der Waals surface area contributed by atoms with Crippen LogP contribution < -0.4 is 10.6 Å². The van der Waals surface area contributed by atoms with Crippen molar-refractivity contribution < 1.29 is 0 Å². The molecule has 3 heteroatoms. The number of nitrogen functional groups attached to an aromatic ring is 1. The van der Waals surface area contributed by atoms with Crippen LogP contribution in [0.5, 0.6) is 0 Å². The SMILES string of the molecule is Cc1cccc(C(=N)N)c1N1CCCCCC1. The van der Waals surface area contributed by atoms with Crippen LogP contribution in [0.2, 0.25) is 0 Å². The molecule has 3 nitrogen and oxygen atoms in total. The van der Waals surface area contributed by atoms with Gasteiger partial charge in [-0.15, -0.1) is 0 Å². The van der Waals surface area contributed by atoms with Crippen LogP contribution in [0.15, 0.2) is 18.2 Å². The maximum atomic E-state index is 7.70. The van der Waals surface area contributed by atoms with Gasteiger partial charge in [0.1, 0.15) is 5.84 Å². The molecular weight excluding hydrogens is 210 g/mol. The number of anilines is 1. The van der Waals surface area contributed by atoms with Crippen LogP contribution in [0.3, 0.4) is 0 Å². The van der Waals surface area contributed by atoms with E-state index in [2.05, 4.69) is 17.9 Å². The van der Waals surface area contributed by atoms with E-state index in [1.807, 2.05) is 12.1 Å². The van der Waals surface area contributed by atoms with Gasteiger partial charge >= 0.3 is 0 Å². The average Bonchev–Trinajstić information content (AvgIpc) is 2.57. The Hall–Kier alpha value is -1.51. The number of hydrogen-bond acceptors (Lipinski definition) is 2. The van der Waals surface area contributed by atoms with E-state index >= 15 is 0 Å². The molecule has 1 saturated heterocycles. The smallest absolute Gasteiger partial charge is 0.124 e. The Morgan fingerprint density at radius 3 is 2.41 bits per heavy atom. The van der Waals surface area contributed by atoms with E-state index < -0.39 is 0 Å². The van der Waals surface area contributed by atoms with Crippen molar-refractivity contribution in [3.05, 3.63) is 29.3 Å². The fraction of sp³-hybridized carbons (Fsp3) is 0.500. The number of benzene rings is 1. The molecule has 1 aliphatic heterocycles. The number of hydrogen-bond donors (Lipinski definition) is 2. The summed E-state index contributed by atoms with van der Waals surface area (Å²) in [7, 11) is 0. The highest BCUT2D eigenvalue weighted by Gasteiger charge is 2.16. The van der Waals surface area contributed by atoms with Crippen LogP contribution in [0.4, 0.5) is 5.69 Å². The minimum Gasteiger partial charge on any atom is -0.384 e. The third-order valence-electron chi connectivity index (χ3n) is 3.45. The molecule has 0 aromatic heterocycles. The van der Waals surface area contributed by atoms with Gasteiger partial charge in [-0.3, -0.25) is 5.41 Å². The Balaban J connectivity index is 2.37. The normalized spacial score (nSPS) is 16.6. The highest BCUT2D eigenvalue weighted by Crippen LogP contribution is 2.27. The van der Waals surface area contributed by atoms with Gasteiger partial charge in [0, 0.05) is 18.7 Å². The third kappa shape index (κ3) is 2.60. The van der Waals surface area contributed by atoms with E-state index in [4.69, 9.17) is 11.1 Å². The number of amidine groups is 1. The van der Waals surface area contributed by atoms with E-state index in [1.54, 1.807) is 0 Å². The third-order valence-corrected chi connectivity index (χ3v) is 3.45. The second-order valence-corrected chi connectivity index (χ2v) is 4.79. The summed E-state index contributed by atoms with van der Waals surface area (Å²) in [5, 5.41) is 7.70. The molecule has 0 radical (unpaired) electrons. The molecule has 2 rings (SSSR count). The van der Waals surface area contributed by atoms with Crippen molar-refractivity contribution >= 4 is 11.5 Å². The zero-order valence-electron chi connectivity index (χ0n) is 10.5. The van der Waals surface area contributed by atoms with Crippen LogP contribution in [-0.4, -0.2) is 18.9 Å². The Morgan fingerprint density at radius 2 is 1.82 bits per heavy atom. The molecule has 0 saturated carbocycles. The molecule has 1 aromatic rings. The lowest BCUT2D eigenvalue weighted by Gasteiger charge is -2.27. The molecule has 0 amide bonds. The number of rotatable bonds is 2. The van der Waals surface area contributed by atoms with Crippen LogP contribution in [0.1, 0.15) is 36.8 Å². The Bertz CT molecular complexity index is 404. The van der Waals surface area contributed by atoms with E-state index in [0.717, 1.165) is 18.7 Å². The van der Waals surface area contributed by atoms with Crippen LogP contribution in [0, 0.1) is 12.3 Å². The molecule has 3 N–H and O–H groups in total. The summed E-state index contributed by atoms with van der Waals surface area (Å²) in [5.41, 5.74) is 8.96. The molecule has 17 heavy (non-hydrogen) atoms. The monoisotopic (exact) mass is 231 g/mol. The zero-order valence-corrected chi connectivity index (χ0v) is 10.5. The quantitative estimate of drug-likeness (QED) is 0.607. The minimum absolute atomic E-state index is 0.174. The molecule has 1 aromatic carbocycles. The molecular formula is C14H21N3. The van der Waals surface area contributed by atoms with Gasteiger partial charge in [0.15, 0.2) is 0 Å². The van der Waals surface area contributed by atoms with Gasteiger partial charge in [0.2, 0.25) is 0 Å². The molecule has 0 spiro atoms. The molecule has 0 atom stereocenters. The van der Waals surface area contributed by atoms with Crippen LogP contribution in [-0.2, 0) is 0 Å². The van der Waals surface area contributed by atoms with Crippen molar-refractivity contribution in [2.45, 2.75) is 32.6 Å². The Kier molecular flexibility index (Phi) is 3.67. The lowest BCUT2D eigenvalue weighted by Crippen LogP contribution is -2.28. The summed E-state index contributed by atoms with van der Waals surface area (Å²) in [6.07, 6.45) is 5.12. The van der Waals surface area contributed by atoms with Gasteiger partial charge < -0.3 is 10.6 Å². The summed E-state index contributed by atoms with van der Waals surface area (Å²) in [6.45, 7) is 4.28. The second-order valence-electron chi connectivity index (χ2n) is 4.79. The first-order chi connectivity index (χ1) is 8.20. The fourth-order valence-electron chi connectivity index (χ4n) is 2.59. The summed E-state index contributed by atoms with van der Waals surface area (Å²) in [6, 6.07) is 6.04. The molecule has 92 valence electrons. The van der Waals surface area contributed by atoms with Gasteiger partial charge in [-0.05, 0) is 31.4 Å². The average molecular weight is 231 g/mol. The summed E-state index contributed by atoms with van der Waals surface area (Å²) in [5.74, 6) is 0.174. The van der Waals surface area contributed by atoms with Gasteiger partial charge in [-0.1, -0.05) is 25.0 Å². The second kappa shape index (κ2) is 5.21. The zero-order chi connectivity index (χ0) is 12.3. The summed E-state index contributed by atoms with van der Waals surface area (Å²) in [4.78, 5) is 2.40. The lowest BCUT2D eigenvalue weighted by molar-refractivity contribution is 0.726. The van der Waals surface area contributed by atoms with Crippen molar-refractivity contribution in [1.82, 2.24) is 0 Å². The van der Waals surface area contributed by atoms with Crippen LogP contribution in [0.25, 0.3) is 0 Å². The van der Waals surface area contributed by atoms with Crippen molar-refractivity contribution in [3.8, 4) is 0 Å². The number of nitrogens with one attached hydrogen (secondary N) is 1. The molecule has 1 heterocycles. The standard InChI is InChI=1S/C14H21N3/c1-11-7-6-8-12(14(15)16)13(11)17-9-4-2-3-5-10-17/h6-8H,2-5,9-10H2,1H3,(H3,15,16). The minimum atomic E-state index is 0.174. The maximum absolute atomic E-state index is 7.70. The van der Waals surface area contributed by atoms with E-state index in [9.17, 15) is 0 Å². The number of nitrogens with zero attached hydrogens (tertiary/aromatic N) is 1.